The number of sulfonamides is 1. The lowest BCUT2D eigenvalue weighted by molar-refractivity contribution is 0.0761. The van der Waals surface area contributed by atoms with Gasteiger partial charge in [0, 0.05) is 43.5 Å². The highest BCUT2D eigenvalue weighted by Crippen LogP contribution is 2.17. The van der Waals surface area contributed by atoms with Crippen LogP contribution in [0.5, 0.6) is 0 Å². The number of piperidine rings is 1. The zero-order chi connectivity index (χ0) is 22.3. The highest BCUT2D eigenvalue weighted by atomic mass is 32.2. The smallest absolute Gasteiger partial charge is 0.319 e. The minimum atomic E-state index is -3.18. The van der Waals surface area contributed by atoms with E-state index in [9.17, 15) is 18.0 Å². The molecule has 0 aromatic heterocycles. The summed E-state index contributed by atoms with van der Waals surface area (Å²) in [5.74, 6) is 0.213. The van der Waals surface area contributed by atoms with E-state index >= 15 is 0 Å². The Balaban J connectivity index is 1.46. The lowest BCUT2D eigenvalue weighted by atomic mass is 10.1. The molecular formula is C22H34N4O4S. The molecule has 3 rings (SSSR count). The van der Waals surface area contributed by atoms with Crippen LogP contribution in [0.25, 0.3) is 0 Å². The first-order valence-electron chi connectivity index (χ1n) is 11.3. The molecule has 1 aromatic carbocycles. The number of likely N-dealkylation sites (tertiary alicyclic amines) is 1. The molecule has 0 unspecified atom stereocenters. The summed E-state index contributed by atoms with van der Waals surface area (Å²) in [7, 11) is -3.18. The Kier molecular flexibility index (Phi) is 8.31. The predicted octanol–water partition coefficient (Wildman–Crippen LogP) is 3.03. The van der Waals surface area contributed by atoms with Crippen molar-refractivity contribution in [3.63, 3.8) is 0 Å². The number of hydrogen-bond donors (Lipinski definition) is 2. The molecule has 2 fully saturated rings. The molecule has 2 heterocycles. The Hall–Kier alpha value is -2.13. The van der Waals surface area contributed by atoms with Crippen molar-refractivity contribution in [2.45, 2.75) is 57.9 Å². The number of carbonyl (C=O) groups excluding carboxylic acids is 2. The molecule has 172 valence electrons. The summed E-state index contributed by atoms with van der Waals surface area (Å²) < 4.78 is 25.8. The summed E-state index contributed by atoms with van der Waals surface area (Å²) in [6.07, 6.45) is 6.25. The van der Waals surface area contributed by atoms with Crippen molar-refractivity contribution >= 4 is 27.6 Å². The van der Waals surface area contributed by atoms with Gasteiger partial charge in [-0.25, -0.2) is 17.5 Å². The molecule has 2 aliphatic heterocycles. The van der Waals surface area contributed by atoms with Gasteiger partial charge in [0.15, 0.2) is 0 Å². The molecule has 0 saturated carbocycles. The lowest BCUT2D eigenvalue weighted by Gasteiger charge is -2.31. The molecule has 2 N–H and O–H groups in total. The maximum absolute atomic E-state index is 12.7. The highest BCUT2D eigenvalue weighted by molar-refractivity contribution is 7.89. The number of nitrogens with one attached hydrogen (secondary N) is 2. The van der Waals surface area contributed by atoms with Crippen LogP contribution in [-0.2, 0) is 10.0 Å². The Bertz CT molecular complexity index is 841. The van der Waals surface area contributed by atoms with Gasteiger partial charge in [0.25, 0.3) is 5.91 Å². The summed E-state index contributed by atoms with van der Waals surface area (Å²) in [6.45, 7) is 4.33. The van der Waals surface area contributed by atoms with Gasteiger partial charge in [-0.1, -0.05) is 19.8 Å². The van der Waals surface area contributed by atoms with Gasteiger partial charge in [-0.05, 0) is 56.4 Å². The third-order valence-electron chi connectivity index (χ3n) is 5.93. The van der Waals surface area contributed by atoms with Gasteiger partial charge >= 0.3 is 6.03 Å². The normalized spacial score (nSPS) is 18.9. The average Bonchev–Trinajstić information content (AvgIpc) is 3.04. The first-order valence-corrected chi connectivity index (χ1v) is 12.9. The van der Waals surface area contributed by atoms with Crippen molar-refractivity contribution in [1.82, 2.24) is 14.5 Å². The van der Waals surface area contributed by atoms with Crippen molar-refractivity contribution in [2.75, 3.05) is 37.2 Å². The maximum atomic E-state index is 12.7. The quantitative estimate of drug-likeness (QED) is 0.696. The molecule has 0 atom stereocenters. The van der Waals surface area contributed by atoms with E-state index in [0.29, 0.717) is 43.6 Å². The molecule has 0 bridgehead atoms. The molecule has 2 saturated heterocycles. The molecule has 3 amide bonds. The van der Waals surface area contributed by atoms with Gasteiger partial charge in [-0.3, -0.25) is 4.79 Å². The third kappa shape index (κ3) is 6.67. The van der Waals surface area contributed by atoms with E-state index in [1.165, 1.54) is 17.1 Å². The second-order valence-corrected chi connectivity index (χ2v) is 10.5. The van der Waals surface area contributed by atoms with Gasteiger partial charge in [0.2, 0.25) is 10.0 Å². The van der Waals surface area contributed by atoms with Crippen LogP contribution >= 0.6 is 0 Å². The Morgan fingerprint density at radius 1 is 0.968 bits per heavy atom. The Labute approximate surface area is 185 Å². The second-order valence-electron chi connectivity index (χ2n) is 8.37. The molecule has 1 aromatic rings. The van der Waals surface area contributed by atoms with Crippen LogP contribution in [0.3, 0.4) is 0 Å². The van der Waals surface area contributed by atoms with Crippen molar-refractivity contribution in [3.05, 3.63) is 29.8 Å². The number of anilines is 1. The van der Waals surface area contributed by atoms with Crippen molar-refractivity contribution in [2.24, 2.45) is 0 Å². The van der Waals surface area contributed by atoms with Crippen LogP contribution in [-0.4, -0.2) is 67.5 Å². The van der Waals surface area contributed by atoms with E-state index in [1.807, 2.05) is 11.8 Å². The minimum Gasteiger partial charge on any atom is -0.339 e. The van der Waals surface area contributed by atoms with Crippen LogP contribution in [0, 0.1) is 0 Å². The van der Waals surface area contributed by atoms with Crippen molar-refractivity contribution in [3.8, 4) is 0 Å². The maximum Gasteiger partial charge on any atom is 0.319 e. The fourth-order valence-electron chi connectivity index (χ4n) is 4.17. The number of benzene rings is 1. The average molecular weight is 451 g/mol. The predicted molar refractivity (Wildman–Crippen MR) is 122 cm³/mol. The van der Waals surface area contributed by atoms with Crippen LogP contribution in [0.15, 0.2) is 24.3 Å². The number of rotatable bonds is 6. The number of carbonyl (C=O) groups is 2. The molecule has 0 spiro atoms. The van der Waals surface area contributed by atoms with Gasteiger partial charge < -0.3 is 15.5 Å². The van der Waals surface area contributed by atoms with Gasteiger partial charge in [-0.2, -0.15) is 0 Å². The fourth-order valence-corrected chi connectivity index (χ4v) is 5.71. The minimum absolute atomic E-state index is 0.0442. The lowest BCUT2D eigenvalue weighted by Crippen LogP contribution is -2.47. The van der Waals surface area contributed by atoms with E-state index in [2.05, 4.69) is 10.6 Å². The third-order valence-corrected chi connectivity index (χ3v) is 8.00. The number of urea groups is 1. The summed E-state index contributed by atoms with van der Waals surface area (Å²) in [4.78, 5) is 26.9. The molecule has 2 aliphatic rings. The van der Waals surface area contributed by atoms with E-state index < -0.39 is 10.0 Å². The van der Waals surface area contributed by atoms with Gasteiger partial charge in [0.1, 0.15) is 0 Å². The highest BCUT2D eigenvalue weighted by Gasteiger charge is 2.28. The molecule has 0 aliphatic carbocycles. The van der Waals surface area contributed by atoms with Gasteiger partial charge in [0.05, 0.1) is 5.75 Å². The van der Waals surface area contributed by atoms with Crippen molar-refractivity contribution < 1.29 is 18.0 Å². The zero-order valence-electron chi connectivity index (χ0n) is 18.3. The van der Waals surface area contributed by atoms with Crippen molar-refractivity contribution in [1.29, 1.82) is 0 Å². The molecule has 8 nitrogen and oxygen atoms in total. The Morgan fingerprint density at radius 3 is 2.16 bits per heavy atom. The fraction of sp³-hybridized carbons (Fsp3) is 0.636. The first-order chi connectivity index (χ1) is 14.9. The van der Waals surface area contributed by atoms with Crippen LogP contribution < -0.4 is 10.6 Å². The van der Waals surface area contributed by atoms with Crippen LogP contribution in [0.4, 0.5) is 10.5 Å². The molecule has 31 heavy (non-hydrogen) atoms. The number of nitrogens with zero attached hydrogens (tertiary/aromatic N) is 2. The van der Waals surface area contributed by atoms with E-state index in [1.54, 1.807) is 24.3 Å². The monoisotopic (exact) mass is 450 g/mol. The largest absolute Gasteiger partial charge is 0.339 e. The topological polar surface area (TPSA) is 98.8 Å². The van der Waals surface area contributed by atoms with E-state index in [-0.39, 0.29) is 23.7 Å². The SMILES string of the molecule is CCCS(=O)(=O)N1CCC(NC(=O)Nc2ccc(C(=O)N3CCCCCC3)cc2)CC1. The van der Waals surface area contributed by atoms with E-state index in [4.69, 9.17) is 0 Å². The second kappa shape index (κ2) is 10.9. The van der Waals surface area contributed by atoms with Gasteiger partial charge in [-0.15, -0.1) is 0 Å². The molecular weight excluding hydrogens is 416 g/mol. The van der Waals surface area contributed by atoms with Crippen LogP contribution in [0.2, 0.25) is 0 Å². The summed E-state index contributed by atoms with van der Waals surface area (Å²) >= 11 is 0. The van der Waals surface area contributed by atoms with E-state index in [0.717, 1.165) is 25.9 Å². The summed E-state index contributed by atoms with van der Waals surface area (Å²) in [6, 6.07) is 6.60. The molecule has 9 heteroatoms. The van der Waals surface area contributed by atoms with Crippen LogP contribution in [0.1, 0.15) is 62.2 Å². The standard InChI is InChI=1S/C22H34N4O4S/c1-2-17-31(29,30)26-15-11-20(12-16-26)24-22(28)23-19-9-7-18(8-10-19)21(27)25-13-5-3-4-6-14-25/h7-10,20H,2-6,11-17H2,1H3,(H2,23,24,28). The first kappa shape index (κ1) is 23.5. The number of hydrogen-bond acceptors (Lipinski definition) is 4. The Morgan fingerprint density at radius 2 is 1.58 bits per heavy atom. The summed E-state index contributed by atoms with van der Waals surface area (Å²) in [5, 5.41) is 5.72. The molecule has 0 radical (unpaired) electrons. The zero-order valence-corrected chi connectivity index (χ0v) is 19.1. The number of amides is 3. The summed E-state index contributed by atoms with van der Waals surface area (Å²) in [5.41, 5.74) is 1.25.